The van der Waals surface area contributed by atoms with Gasteiger partial charge in [-0.2, -0.15) is 0 Å². The first-order valence-electron chi connectivity index (χ1n) is 6.02. The van der Waals surface area contributed by atoms with Crippen LogP contribution >= 0.6 is 11.8 Å². The molecule has 0 spiro atoms. The molecular weight excluding hydrogens is 259 g/mol. The van der Waals surface area contributed by atoms with Gasteiger partial charge in [-0.15, -0.1) is 11.8 Å². The number of halogens is 1. The summed E-state index contributed by atoms with van der Waals surface area (Å²) in [7, 11) is 0. The molecule has 0 aliphatic heterocycles. The SMILES string of the molecule is CSc1ccccc1C(NN)c1cc(F)ccc1C. The van der Waals surface area contributed by atoms with Gasteiger partial charge in [-0.1, -0.05) is 24.3 Å². The number of hydrogen-bond acceptors (Lipinski definition) is 3. The van der Waals surface area contributed by atoms with Crippen molar-refractivity contribution in [1.82, 2.24) is 5.43 Å². The van der Waals surface area contributed by atoms with Crippen molar-refractivity contribution in [3.8, 4) is 0 Å². The molecule has 0 aliphatic rings. The Kier molecular flexibility index (Phi) is 4.58. The molecule has 1 unspecified atom stereocenters. The molecule has 0 saturated heterocycles. The van der Waals surface area contributed by atoms with E-state index in [1.54, 1.807) is 17.8 Å². The molecule has 100 valence electrons. The van der Waals surface area contributed by atoms with Crippen LogP contribution < -0.4 is 11.3 Å². The van der Waals surface area contributed by atoms with Crippen molar-refractivity contribution < 1.29 is 4.39 Å². The van der Waals surface area contributed by atoms with Crippen LogP contribution in [-0.4, -0.2) is 6.26 Å². The van der Waals surface area contributed by atoms with Crippen LogP contribution in [0.2, 0.25) is 0 Å². The van der Waals surface area contributed by atoms with Crippen LogP contribution in [0.1, 0.15) is 22.7 Å². The Balaban J connectivity index is 2.53. The third-order valence-corrected chi connectivity index (χ3v) is 3.98. The van der Waals surface area contributed by atoms with Crippen molar-refractivity contribution in [3.63, 3.8) is 0 Å². The van der Waals surface area contributed by atoms with Gasteiger partial charge in [-0.25, -0.2) is 9.82 Å². The topological polar surface area (TPSA) is 38.0 Å². The van der Waals surface area contributed by atoms with Crippen LogP contribution in [0.25, 0.3) is 0 Å². The molecule has 0 amide bonds. The zero-order chi connectivity index (χ0) is 13.8. The second-order valence-electron chi connectivity index (χ2n) is 4.34. The average molecular weight is 276 g/mol. The molecule has 4 heteroatoms. The van der Waals surface area contributed by atoms with Gasteiger partial charge in [0.15, 0.2) is 0 Å². The second-order valence-corrected chi connectivity index (χ2v) is 5.19. The van der Waals surface area contributed by atoms with Gasteiger partial charge in [0.05, 0.1) is 6.04 Å². The van der Waals surface area contributed by atoms with E-state index in [-0.39, 0.29) is 11.9 Å². The maximum absolute atomic E-state index is 13.5. The number of hydrazine groups is 1. The van der Waals surface area contributed by atoms with E-state index in [0.29, 0.717) is 0 Å². The van der Waals surface area contributed by atoms with Crippen molar-refractivity contribution in [2.24, 2.45) is 5.84 Å². The van der Waals surface area contributed by atoms with Crippen molar-refractivity contribution in [1.29, 1.82) is 0 Å². The van der Waals surface area contributed by atoms with Crippen molar-refractivity contribution in [2.75, 3.05) is 6.26 Å². The van der Waals surface area contributed by atoms with Crippen molar-refractivity contribution in [3.05, 3.63) is 65.0 Å². The maximum Gasteiger partial charge on any atom is 0.123 e. The van der Waals surface area contributed by atoms with E-state index < -0.39 is 0 Å². The molecule has 0 fully saturated rings. The molecule has 0 aromatic heterocycles. The van der Waals surface area contributed by atoms with Crippen molar-refractivity contribution >= 4 is 11.8 Å². The molecular formula is C15H17FN2S. The maximum atomic E-state index is 13.5. The Morgan fingerprint density at radius 1 is 1.16 bits per heavy atom. The van der Waals surface area contributed by atoms with Gasteiger partial charge in [0.25, 0.3) is 0 Å². The first-order chi connectivity index (χ1) is 9.17. The summed E-state index contributed by atoms with van der Waals surface area (Å²) in [5.41, 5.74) is 5.74. The number of nitrogens with two attached hydrogens (primary N) is 1. The van der Waals surface area contributed by atoms with Crippen LogP contribution in [0.5, 0.6) is 0 Å². The minimum atomic E-state index is -0.248. The molecule has 3 N–H and O–H groups in total. The van der Waals surface area contributed by atoms with E-state index in [0.717, 1.165) is 21.6 Å². The highest BCUT2D eigenvalue weighted by atomic mass is 32.2. The number of aryl methyl sites for hydroxylation is 1. The summed E-state index contributed by atoms with van der Waals surface area (Å²) >= 11 is 1.65. The highest BCUT2D eigenvalue weighted by Gasteiger charge is 2.18. The normalized spacial score (nSPS) is 12.4. The molecule has 0 bridgehead atoms. The van der Waals surface area contributed by atoms with E-state index in [4.69, 9.17) is 5.84 Å². The van der Waals surface area contributed by atoms with Crippen molar-refractivity contribution in [2.45, 2.75) is 17.9 Å². The predicted octanol–water partition coefficient (Wildman–Crippen LogP) is 3.41. The monoisotopic (exact) mass is 276 g/mol. The van der Waals surface area contributed by atoms with Crippen LogP contribution in [0, 0.1) is 12.7 Å². The minimum Gasteiger partial charge on any atom is -0.271 e. The Bertz CT molecular complexity index is 572. The lowest BCUT2D eigenvalue weighted by Gasteiger charge is -2.21. The molecule has 0 saturated carbocycles. The van der Waals surface area contributed by atoms with E-state index >= 15 is 0 Å². The molecule has 0 aliphatic carbocycles. The quantitative estimate of drug-likeness (QED) is 0.510. The summed E-state index contributed by atoms with van der Waals surface area (Å²) in [6.07, 6.45) is 2.02. The minimum absolute atomic E-state index is 0.209. The van der Waals surface area contributed by atoms with Crippen LogP contribution in [0.3, 0.4) is 0 Å². The fraction of sp³-hybridized carbons (Fsp3) is 0.200. The number of hydrogen-bond donors (Lipinski definition) is 2. The number of benzene rings is 2. The lowest BCUT2D eigenvalue weighted by Crippen LogP contribution is -2.29. The zero-order valence-electron chi connectivity index (χ0n) is 11.0. The smallest absolute Gasteiger partial charge is 0.123 e. The summed E-state index contributed by atoms with van der Waals surface area (Å²) in [5, 5.41) is 0. The van der Waals surface area contributed by atoms with Gasteiger partial charge < -0.3 is 0 Å². The van der Waals surface area contributed by atoms with Gasteiger partial charge >= 0.3 is 0 Å². The fourth-order valence-electron chi connectivity index (χ4n) is 2.17. The van der Waals surface area contributed by atoms with Gasteiger partial charge in [0, 0.05) is 4.90 Å². The van der Waals surface area contributed by atoms with Gasteiger partial charge in [0.1, 0.15) is 5.82 Å². The van der Waals surface area contributed by atoms with E-state index in [1.807, 2.05) is 37.4 Å². The summed E-state index contributed by atoms with van der Waals surface area (Å²) in [5.74, 6) is 5.45. The molecule has 0 radical (unpaired) electrons. The predicted molar refractivity (Wildman–Crippen MR) is 78.5 cm³/mol. The molecule has 2 aromatic rings. The average Bonchev–Trinajstić information content (AvgIpc) is 2.44. The van der Waals surface area contributed by atoms with Crippen LogP contribution in [0.15, 0.2) is 47.4 Å². The third kappa shape index (κ3) is 2.97. The largest absolute Gasteiger partial charge is 0.271 e. The number of thioether (sulfide) groups is 1. The third-order valence-electron chi connectivity index (χ3n) is 3.17. The first kappa shape index (κ1) is 14.1. The molecule has 2 aromatic carbocycles. The Morgan fingerprint density at radius 2 is 1.89 bits per heavy atom. The summed E-state index contributed by atoms with van der Waals surface area (Å²) in [6.45, 7) is 1.96. The summed E-state index contributed by atoms with van der Waals surface area (Å²) in [4.78, 5) is 1.13. The van der Waals surface area contributed by atoms with E-state index in [2.05, 4.69) is 5.43 Å². The van der Waals surface area contributed by atoms with Gasteiger partial charge in [0.2, 0.25) is 0 Å². The summed E-state index contributed by atoms with van der Waals surface area (Å²) in [6, 6.07) is 12.6. The molecule has 0 heterocycles. The molecule has 1 atom stereocenters. The Hall–Kier alpha value is -1.36. The lowest BCUT2D eigenvalue weighted by molar-refractivity contribution is 0.598. The van der Waals surface area contributed by atoms with Crippen LogP contribution in [0.4, 0.5) is 4.39 Å². The second kappa shape index (κ2) is 6.19. The highest BCUT2D eigenvalue weighted by molar-refractivity contribution is 7.98. The van der Waals surface area contributed by atoms with Crippen LogP contribution in [-0.2, 0) is 0 Å². The lowest BCUT2D eigenvalue weighted by atomic mass is 9.95. The molecule has 2 rings (SSSR count). The molecule has 19 heavy (non-hydrogen) atoms. The zero-order valence-corrected chi connectivity index (χ0v) is 11.8. The van der Waals surface area contributed by atoms with E-state index in [9.17, 15) is 4.39 Å². The molecule has 2 nitrogen and oxygen atoms in total. The fourth-order valence-corrected chi connectivity index (χ4v) is 2.81. The number of nitrogens with one attached hydrogen (secondary N) is 1. The first-order valence-corrected chi connectivity index (χ1v) is 7.25. The van der Waals surface area contributed by atoms with Gasteiger partial charge in [-0.05, 0) is 48.1 Å². The standard InChI is InChI=1S/C15H17FN2S/c1-10-7-8-11(16)9-13(10)15(18-17)12-5-3-4-6-14(12)19-2/h3-9,15,18H,17H2,1-2H3. The van der Waals surface area contributed by atoms with E-state index in [1.165, 1.54) is 12.1 Å². The Morgan fingerprint density at radius 3 is 2.58 bits per heavy atom. The van der Waals surface area contributed by atoms with Gasteiger partial charge in [-0.3, -0.25) is 5.84 Å². The number of rotatable bonds is 4. The summed E-state index contributed by atoms with van der Waals surface area (Å²) < 4.78 is 13.5. The highest BCUT2D eigenvalue weighted by Crippen LogP contribution is 2.31. The Labute approximate surface area is 117 Å².